The van der Waals surface area contributed by atoms with Crippen molar-refractivity contribution in [3.05, 3.63) is 11.6 Å². The molecule has 1 unspecified atom stereocenters. The third-order valence-electron chi connectivity index (χ3n) is 2.67. The molecule has 0 N–H and O–H groups in total. The van der Waals surface area contributed by atoms with Crippen LogP contribution in [0.4, 0.5) is 0 Å². The van der Waals surface area contributed by atoms with Crippen LogP contribution in [0, 0.1) is 5.92 Å². The Balaban J connectivity index is 2.19. The maximum Gasteiger partial charge on any atom is 0.144 e. The van der Waals surface area contributed by atoms with Gasteiger partial charge in [-0.05, 0) is 24.0 Å². The summed E-state index contributed by atoms with van der Waals surface area (Å²) in [5.41, 5.74) is 1.31. The molecule has 3 nitrogen and oxygen atoms in total. The fourth-order valence-corrected chi connectivity index (χ4v) is 1.52. The maximum atomic E-state index is 4.38. The molecule has 2 rings (SSSR count). The molecule has 0 aromatic heterocycles. The fraction of sp³-hybridized carbons (Fsp3) is 0.600. The van der Waals surface area contributed by atoms with Crippen LogP contribution in [-0.4, -0.2) is 30.1 Å². The van der Waals surface area contributed by atoms with Crippen LogP contribution in [0.2, 0.25) is 0 Å². The predicted molar refractivity (Wildman–Crippen MR) is 55.0 cm³/mol. The highest BCUT2D eigenvalue weighted by molar-refractivity contribution is 6.02. The van der Waals surface area contributed by atoms with Crippen LogP contribution in [-0.2, 0) is 0 Å². The van der Waals surface area contributed by atoms with Crippen molar-refractivity contribution in [2.24, 2.45) is 16.0 Å². The van der Waals surface area contributed by atoms with E-state index in [-0.39, 0.29) is 0 Å². The van der Waals surface area contributed by atoms with Gasteiger partial charge in [-0.2, -0.15) is 5.10 Å². The second-order valence-electron chi connectivity index (χ2n) is 3.56. The minimum Gasteiger partial charge on any atom is -0.265 e. The van der Waals surface area contributed by atoms with Gasteiger partial charge in [0.05, 0.1) is 19.3 Å². The Morgan fingerprint density at radius 3 is 3.23 bits per heavy atom. The van der Waals surface area contributed by atoms with Crippen LogP contribution in [0.25, 0.3) is 0 Å². The van der Waals surface area contributed by atoms with Crippen LogP contribution in [0.1, 0.15) is 20.3 Å². The van der Waals surface area contributed by atoms with Gasteiger partial charge in [-0.1, -0.05) is 13.8 Å². The molecule has 2 heterocycles. The lowest BCUT2D eigenvalue weighted by molar-refractivity contribution is 0.488. The van der Waals surface area contributed by atoms with Crippen molar-refractivity contribution in [2.45, 2.75) is 20.3 Å². The second-order valence-corrected chi connectivity index (χ2v) is 3.56. The third-order valence-corrected chi connectivity index (χ3v) is 2.67. The van der Waals surface area contributed by atoms with E-state index in [1.807, 2.05) is 11.2 Å². The predicted octanol–water partition coefficient (Wildman–Crippen LogP) is 1.67. The summed E-state index contributed by atoms with van der Waals surface area (Å²) < 4.78 is 0. The number of hydrogen-bond acceptors (Lipinski definition) is 3. The summed E-state index contributed by atoms with van der Waals surface area (Å²) in [6.07, 6.45) is 5.29. The number of amidine groups is 1. The minimum absolute atomic E-state index is 0.592. The van der Waals surface area contributed by atoms with Crippen LogP contribution in [0.5, 0.6) is 0 Å². The first-order chi connectivity index (χ1) is 6.31. The van der Waals surface area contributed by atoms with E-state index in [0.717, 1.165) is 25.3 Å². The first kappa shape index (κ1) is 8.48. The zero-order valence-corrected chi connectivity index (χ0v) is 8.20. The highest BCUT2D eigenvalue weighted by Crippen LogP contribution is 2.18. The van der Waals surface area contributed by atoms with E-state index in [1.165, 1.54) is 5.57 Å². The lowest BCUT2D eigenvalue weighted by atomic mass is 9.98. The molecular weight excluding hydrogens is 162 g/mol. The minimum atomic E-state index is 0.592. The van der Waals surface area contributed by atoms with E-state index in [2.05, 4.69) is 30.0 Å². The molecule has 0 radical (unpaired) electrons. The van der Waals surface area contributed by atoms with Crippen LogP contribution >= 0.6 is 0 Å². The molecule has 0 saturated carbocycles. The summed E-state index contributed by atoms with van der Waals surface area (Å²) in [4.78, 5) is 4.38. The van der Waals surface area contributed by atoms with Gasteiger partial charge in [-0.25, -0.2) is 5.01 Å². The Morgan fingerprint density at radius 1 is 1.62 bits per heavy atom. The third kappa shape index (κ3) is 1.50. The quantitative estimate of drug-likeness (QED) is 0.630. The molecule has 0 aromatic rings. The standard InChI is InChI=1S/C10H15N3/c1-3-8(2)9-6-10-11-4-5-13(10)12-7-9/h6-8H,3-5H2,1-2H3. The number of rotatable bonds is 2. The highest BCUT2D eigenvalue weighted by atomic mass is 15.5. The summed E-state index contributed by atoms with van der Waals surface area (Å²) in [5.74, 6) is 1.63. The molecule has 0 aromatic carbocycles. The number of allylic oxidation sites excluding steroid dienone is 1. The van der Waals surface area contributed by atoms with E-state index < -0.39 is 0 Å². The van der Waals surface area contributed by atoms with Gasteiger partial charge in [0.15, 0.2) is 0 Å². The summed E-state index contributed by atoms with van der Waals surface area (Å²) in [5, 5.41) is 6.32. The van der Waals surface area contributed by atoms with Crippen molar-refractivity contribution >= 4 is 12.1 Å². The average molecular weight is 177 g/mol. The summed E-state index contributed by atoms with van der Waals surface area (Å²) in [6.45, 7) is 6.25. The summed E-state index contributed by atoms with van der Waals surface area (Å²) >= 11 is 0. The Kier molecular flexibility index (Phi) is 2.17. The van der Waals surface area contributed by atoms with E-state index in [4.69, 9.17) is 0 Å². The Hall–Kier alpha value is -1.12. The van der Waals surface area contributed by atoms with Crippen molar-refractivity contribution in [3.63, 3.8) is 0 Å². The van der Waals surface area contributed by atoms with Gasteiger partial charge in [-0.3, -0.25) is 4.99 Å². The second kappa shape index (κ2) is 3.32. The van der Waals surface area contributed by atoms with Crippen molar-refractivity contribution in [1.29, 1.82) is 0 Å². The Bertz CT molecular complexity index is 289. The first-order valence-corrected chi connectivity index (χ1v) is 4.89. The van der Waals surface area contributed by atoms with Gasteiger partial charge >= 0.3 is 0 Å². The fourth-order valence-electron chi connectivity index (χ4n) is 1.52. The summed E-state index contributed by atoms with van der Waals surface area (Å²) in [6, 6.07) is 0. The first-order valence-electron chi connectivity index (χ1n) is 4.89. The Morgan fingerprint density at radius 2 is 2.46 bits per heavy atom. The number of aliphatic imine (C=N–C) groups is 1. The Labute approximate surface area is 78.8 Å². The topological polar surface area (TPSA) is 28.0 Å². The van der Waals surface area contributed by atoms with Gasteiger partial charge in [-0.15, -0.1) is 0 Å². The molecule has 0 aliphatic carbocycles. The number of hydrazone groups is 1. The number of hydrogen-bond donors (Lipinski definition) is 0. The molecule has 0 saturated heterocycles. The largest absolute Gasteiger partial charge is 0.265 e. The van der Waals surface area contributed by atoms with E-state index in [1.54, 1.807) is 0 Å². The molecule has 0 fully saturated rings. The van der Waals surface area contributed by atoms with Crippen molar-refractivity contribution < 1.29 is 0 Å². The molecule has 2 aliphatic rings. The molecule has 70 valence electrons. The molecule has 3 heteroatoms. The molecular formula is C10H15N3. The van der Waals surface area contributed by atoms with Gasteiger partial charge < -0.3 is 0 Å². The van der Waals surface area contributed by atoms with Crippen LogP contribution < -0.4 is 0 Å². The lowest BCUT2D eigenvalue weighted by Crippen LogP contribution is -2.25. The van der Waals surface area contributed by atoms with Crippen molar-refractivity contribution in [1.82, 2.24) is 5.01 Å². The van der Waals surface area contributed by atoms with Gasteiger partial charge in [0.1, 0.15) is 5.84 Å². The SMILES string of the molecule is CCC(C)C1=CC2=NCCN2N=C1. The van der Waals surface area contributed by atoms with Gasteiger partial charge in [0, 0.05) is 0 Å². The molecule has 13 heavy (non-hydrogen) atoms. The summed E-state index contributed by atoms with van der Waals surface area (Å²) in [7, 11) is 0. The maximum absolute atomic E-state index is 4.38. The monoisotopic (exact) mass is 177 g/mol. The molecule has 0 spiro atoms. The smallest absolute Gasteiger partial charge is 0.144 e. The van der Waals surface area contributed by atoms with Crippen molar-refractivity contribution in [2.75, 3.05) is 13.1 Å². The molecule has 0 amide bonds. The zero-order valence-electron chi connectivity index (χ0n) is 8.20. The van der Waals surface area contributed by atoms with Gasteiger partial charge in [0.2, 0.25) is 0 Å². The highest BCUT2D eigenvalue weighted by Gasteiger charge is 2.19. The lowest BCUT2D eigenvalue weighted by Gasteiger charge is -2.19. The van der Waals surface area contributed by atoms with E-state index >= 15 is 0 Å². The van der Waals surface area contributed by atoms with Crippen molar-refractivity contribution in [3.8, 4) is 0 Å². The molecule has 2 aliphatic heterocycles. The van der Waals surface area contributed by atoms with E-state index in [9.17, 15) is 0 Å². The number of nitrogens with zero attached hydrogens (tertiary/aromatic N) is 3. The zero-order chi connectivity index (χ0) is 9.26. The molecule has 0 bridgehead atoms. The van der Waals surface area contributed by atoms with Crippen LogP contribution in [0.3, 0.4) is 0 Å². The van der Waals surface area contributed by atoms with E-state index in [0.29, 0.717) is 5.92 Å². The normalized spacial score (nSPS) is 22.5. The van der Waals surface area contributed by atoms with Gasteiger partial charge in [0.25, 0.3) is 0 Å². The van der Waals surface area contributed by atoms with Crippen LogP contribution in [0.15, 0.2) is 21.7 Å². The average Bonchev–Trinajstić information content (AvgIpc) is 2.63. The number of fused-ring (bicyclic) bond motifs is 1. The molecule has 1 atom stereocenters.